The second kappa shape index (κ2) is 6.67. The van der Waals surface area contributed by atoms with Crippen LogP contribution in [-0.4, -0.2) is 29.1 Å². The van der Waals surface area contributed by atoms with Gasteiger partial charge in [0.1, 0.15) is 17.5 Å². The average molecular weight is 323 g/mol. The van der Waals surface area contributed by atoms with Crippen molar-refractivity contribution in [2.24, 2.45) is 0 Å². The van der Waals surface area contributed by atoms with Gasteiger partial charge >= 0.3 is 0 Å². The van der Waals surface area contributed by atoms with E-state index in [9.17, 15) is 0 Å². The standard InChI is InChI=1S/C19H25N5/c1-14-20-18(22-15-5-6-15)13-19(21-14)23-16-7-9-17(10-8-16)24-11-3-2-4-12-24/h7-10,13,15H,2-6,11-12H2,1H3,(H2,20,21,22,23). The summed E-state index contributed by atoms with van der Waals surface area (Å²) in [4.78, 5) is 11.4. The molecule has 0 radical (unpaired) electrons. The predicted octanol–water partition coefficient (Wildman–Crippen LogP) is 4.09. The van der Waals surface area contributed by atoms with Crippen LogP contribution >= 0.6 is 0 Å². The first-order valence-corrected chi connectivity index (χ1v) is 9.00. The lowest BCUT2D eigenvalue weighted by Gasteiger charge is -2.28. The third kappa shape index (κ3) is 3.78. The summed E-state index contributed by atoms with van der Waals surface area (Å²) in [5, 5.41) is 6.84. The van der Waals surface area contributed by atoms with Crippen molar-refractivity contribution in [1.29, 1.82) is 0 Å². The summed E-state index contributed by atoms with van der Waals surface area (Å²) >= 11 is 0. The molecule has 1 saturated heterocycles. The number of aryl methyl sites for hydroxylation is 1. The number of benzene rings is 1. The summed E-state index contributed by atoms with van der Waals surface area (Å²) in [6.45, 7) is 4.28. The van der Waals surface area contributed by atoms with E-state index in [1.807, 2.05) is 13.0 Å². The minimum absolute atomic E-state index is 0.593. The molecule has 1 saturated carbocycles. The van der Waals surface area contributed by atoms with Crippen LogP contribution in [0.5, 0.6) is 0 Å². The van der Waals surface area contributed by atoms with Crippen molar-refractivity contribution < 1.29 is 0 Å². The van der Waals surface area contributed by atoms with Crippen molar-refractivity contribution in [3.8, 4) is 0 Å². The van der Waals surface area contributed by atoms with Crippen LogP contribution < -0.4 is 15.5 Å². The first-order valence-electron chi connectivity index (χ1n) is 9.00. The lowest BCUT2D eigenvalue weighted by atomic mass is 10.1. The van der Waals surface area contributed by atoms with Gasteiger partial charge in [-0.05, 0) is 63.3 Å². The van der Waals surface area contributed by atoms with E-state index in [1.165, 1.54) is 50.9 Å². The number of aromatic nitrogens is 2. The number of anilines is 4. The molecule has 4 rings (SSSR count). The van der Waals surface area contributed by atoms with E-state index in [2.05, 4.69) is 49.8 Å². The Kier molecular flexibility index (Phi) is 4.24. The van der Waals surface area contributed by atoms with Gasteiger partial charge in [0.15, 0.2) is 0 Å². The number of rotatable bonds is 5. The van der Waals surface area contributed by atoms with Crippen LogP contribution in [0.1, 0.15) is 37.9 Å². The third-order valence-corrected chi connectivity index (χ3v) is 4.63. The molecule has 0 spiro atoms. The Hall–Kier alpha value is -2.30. The van der Waals surface area contributed by atoms with Crippen LogP contribution in [0.3, 0.4) is 0 Å². The Balaban J connectivity index is 1.45. The molecule has 1 aliphatic carbocycles. The smallest absolute Gasteiger partial charge is 0.136 e. The molecule has 5 heteroatoms. The number of hydrogen-bond acceptors (Lipinski definition) is 5. The van der Waals surface area contributed by atoms with Crippen molar-refractivity contribution in [1.82, 2.24) is 9.97 Å². The van der Waals surface area contributed by atoms with Gasteiger partial charge in [0.05, 0.1) is 0 Å². The molecule has 2 N–H and O–H groups in total. The fourth-order valence-electron chi connectivity index (χ4n) is 3.20. The Morgan fingerprint density at radius 3 is 2.38 bits per heavy atom. The highest BCUT2D eigenvalue weighted by Crippen LogP contribution is 2.26. The van der Waals surface area contributed by atoms with Crippen LogP contribution in [0.15, 0.2) is 30.3 Å². The van der Waals surface area contributed by atoms with E-state index in [4.69, 9.17) is 0 Å². The zero-order valence-electron chi connectivity index (χ0n) is 14.3. The summed E-state index contributed by atoms with van der Waals surface area (Å²) in [7, 11) is 0. The van der Waals surface area contributed by atoms with Gasteiger partial charge < -0.3 is 15.5 Å². The number of nitrogens with one attached hydrogen (secondary N) is 2. The Bertz CT molecular complexity index is 687. The second-order valence-electron chi connectivity index (χ2n) is 6.82. The quantitative estimate of drug-likeness (QED) is 0.868. The van der Waals surface area contributed by atoms with Gasteiger partial charge in [-0.2, -0.15) is 0 Å². The summed E-state index contributed by atoms with van der Waals surface area (Å²) in [6.07, 6.45) is 6.45. The van der Waals surface area contributed by atoms with Gasteiger partial charge in [0, 0.05) is 36.6 Å². The zero-order valence-corrected chi connectivity index (χ0v) is 14.3. The van der Waals surface area contributed by atoms with Gasteiger partial charge in [-0.3, -0.25) is 0 Å². The van der Waals surface area contributed by atoms with Gasteiger partial charge in [-0.25, -0.2) is 9.97 Å². The molecule has 24 heavy (non-hydrogen) atoms. The lowest BCUT2D eigenvalue weighted by Crippen LogP contribution is -2.29. The number of nitrogens with zero attached hydrogens (tertiary/aromatic N) is 3. The maximum Gasteiger partial charge on any atom is 0.136 e. The molecule has 0 amide bonds. The van der Waals surface area contributed by atoms with E-state index in [0.717, 1.165) is 23.1 Å². The zero-order chi connectivity index (χ0) is 16.4. The van der Waals surface area contributed by atoms with Crippen molar-refractivity contribution in [2.75, 3.05) is 28.6 Å². The Labute approximate surface area is 143 Å². The van der Waals surface area contributed by atoms with E-state index >= 15 is 0 Å². The van der Waals surface area contributed by atoms with Crippen molar-refractivity contribution in [3.63, 3.8) is 0 Å². The summed E-state index contributed by atoms with van der Waals surface area (Å²) in [6, 6.07) is 11.3. The first-order chi connectivity index (χ1) is 11.8. The molecule has 2 fully saturated rings. The molecule has 2 heterocycles. The molecule has 5 nitrogen and oxygen atoms in total. The average Bonchev–Trinajstić information content (AvgIpc) is 3.40. The van der Waals surface area contributed by atoms with E-state index < -0.39 is 0 Å². The predicted molar refractivity (Wildman–Crippen MR) is 99.2 cm³/mol. The molecular formula is C19H25N5. The highest BCUT2D eigenvalue weighted by Gasteiger charge is 2.21. The van der Waals surface area contributed by atoms with Crippen LogP contribution in [-0.2, 0) is 0 Å². The van der Waals surface area contributed by atoms with E-state index in [1.54, 1.807) is 0 Å². The lowest BCUT2D eigenvalue weighted by molar-refractivity contribution is 0.578. The minimum Gasteiger partial charge on any atom is -0.372 e. The van der Waals surface area contributed by atoms with Gasteiger partial charge in [-0.15, -0.1) is 0 Å². The van der Waals surface area contributed by atoms with Crippen molar-refractivity contribution in [2.45, 2.75) is 45.1 Å². The summed E-state index contributed by atoms with van der Waals surface area (Å²) in [5.41, 5.74) is 2.38. The second-order valence-corrected chi connectivity index (χ2v) is 6.82. The fourth-order valence-corrected chi connectivity index (χ4v) is 3.20. The molecule has 0 bridgehead atoms. The summed E-state index contributed by atoms with van der Waals surface area (Å²) < 4.78 is 0. The largest absolute Gasteiger partial charge is 0.372 e. The molecule has 0 unspecified atom stereocenters. The van der Waals surface area contributed by atoms with E-state index in [-0.39, 0.29) is 0 Å². The molecule has 1 aromatic carbocycles. The topological polar surface area (TPSA) is 53.1 Å². The molecular weight excluding hydrogens is 298 g/mol. The van der Waals surface area contributed by atoms with Crippen molar-refractivity contribution >= 4 is 23.0 Å². The molecule has 1 aliphatic heterocycles. The van der Waals surface area contributed by atoms with Gasteiger partial charge in [0.25, 0.3) is 0 Å². The van der Waals surface area contributed by atoms with Gasteiger partial charge in [0.2, 0.25) is 0 Å². The molecule has 2 aromatic rings. The molecule has 2 aliphatic rings. The maximum atomic E-state index is 4.50. The van der Waals surface area contributed by atoms with Crippen LogP contribution in [0.4, 0.5) is 23.0 Å². The number of hydrogen-bond donors (Lipinski definition) is 2. The minimum atomic E-state index is 0.593. The molecule has 126 valence electrons. The summed E-state index contributed by atoms with van der Waals surface area (Å²) in [5.74, 6) is 2.54. The van der Waals surface area contributed by atoms with Crippen LogP contribution in [0.25, 0.3) is 0 Å². The monoisotopic (exact) mass is 323 g/mol. The normalized spacial score (nSPS) is 17.6. The SMILES string of the molecule is Cc1nc(Nc2ccc(N3CCCCC3)cc2)cc(NC2CC2)n1. The highest BCUT2D eigenvalue weighted by molar-refractivity contribution is 5.62. The van der Waals surface area contributed by atoms with Gasteiger partial charge in [-0.1, -0.05) is 0 Å². The Morgan fingerprint density at radius 2 is 1.67 bits per heavy atom. The van der Waals surface area contributed by atoms with Crippen LogP contribution in [0, 0.1) is 6.92 Å². The van der Waals surface area contributed by atoms with E-state index in [0.29, 0.717) is 6.04 Å². The number of piperidine rings is 1. The Morgan fingerprint density at radius 1 is 0.958 bits per heavy atom. The highest BCUT2D eigenvalue weighted by atomic mass is 15.1. The fraction of sp³-hybridized carbons (Fsp3) is 0.474. The molecule has 0 atom stereocenters. The third-order valence-electron chi connectivity index (χ3n) is 4.63. The maximum absolute atomic E-state index is 4.50. The van der Waals surface area contributed by atoms with Crippen molar-refractivity contribution in [3.05, 3.63) is 36.2 Å². The molecule has 1 aromatic heterocycles. The first kappa shape index (κ1) is 15.2. The van der Waals surface area contributed by atoms with Crippen LogP contribution in [0.2, 0.25) is 0 Å².